The third-order valence-corrected chi connectivity index (χ3v) is 5.03. The summed E-state index contributed by atoms with van der Waals surface area (Å²) in [6, 6.07) is 3.44. The van der Waals surface area contributed by atoms with Gasteiger partial charge in [-0.15, -0.1) is 0 Å². The second kappa shape index (κ2) is 8.57. The van der Waals surface area contributed by atoms with E-state index in [1.54, 1.807) is 0 Å². The Morgan fingerprint density at radius 3 is 2.71 bits per heavy atom. The van der Waals surface area contributed by atoms with Crippen LogP contribution in [0.4, 0.5) is 0 Å². The molecule has 1 N–H and O–H groups in total. The molecule has 2 unspecified atom stereocenters. The molecule has 120 valence electrons. The van der Waals surface area contributed by atoms with Gasteiger partial charge in [0.25, 0.3) is 0 Å². The Kier molecular flexibility index (Phi) is 6.75. The highest BCUT2D eigenvalue weighted by molar-refractivity contribution is 5.03. The average molecular weight is 291 g/mol. The van der Waals surface area contributed by atoms with E-state index in [2.05, 4.69) is 43.0 Å². The van der Waals surface area contributed by atoms with Crippen molar-refractivity contribution in [2.45, 2.75) is 84.2 Å². The Balaban J connectivity index is 1.95. The lowest BCUT2D eigenvalue weighted by atomic mass is 9.95. The molecule has 0 radical (unpaired) electrons. The zero-order valence-electron chi connectivity index (χ0n) is 14.1. The molecule has 1 heterocycles. The second-order valence-electron chi connectivity index (χ2n) is 6.73. The monoisotopic (exact) mass is 291 g/mol. The fraction of sp³-hybridized carbons (Fsp3) is 0.833. The molecular weight excluding hydrogens is 258 g/mol. The van der Waals surface area contributed by atoms with Gasteiger partial charge in [0.05, 0.1) is 11.7 Å². The summed E-state index contributed by atoms with van der Waals surface area (Å²) in [5, 5.41) is 8.58. The average Bonchev–Trinajstić information content (AvgIpc) is 3.00. The van der Waals surface area contributed by atoms with E-state index >= 15 is 0 Å². The first-order valence-electron chi connectivity index (χ1n) is 9.02. The lowest BCUT2D eigenvalue weighted by Crippen LogP contribution is -2.37. The molecule has 2 rings (SSSR count). The summed E-state index contributed by atoms with van der Waals surface area (Å²) in [7, 11) is 0. The smallest absolute Gasteiger partial charge is 0.0640 e. The highest BCUT2D eigenvalue weighted by atomic mass is 15.3. The molecule has 0 saturated heterocycles. The maximum Gasteiger partial charge on any atom is 0.0640 e. The van der Waals surface area contributed by atoms with Crippen LogP contribution in [-0.4, -0.2) is 22.4 Å². The molecular formula is C18H33N3. The molecule has 1 aromatic rings. The summed E-state index contributed by atoms with van der Waals surface area (Å²) in [4.78, 5) is 0. The van der Waals surface area contributed by atoms with Gasteiger partial charge < -0.3 is 5.32 Å². The van der Waals surface area contributed by atoms with Crippen LogP contribution in [0.5, 0.6) is 0 Å². The fourth-order valence-electron chi connectivity index (χ4n) is 3.35. The minimum Gasteiger partial charge on any atom is -0.313 e. The van der Waals surface area contributed by atoms with Crippen molar-refractivity contribution in [1.29, 1.82) is 0 Å². The Morgan fingerprint density at radius 2 is 2.05 bits per heavy atom. The third-order valence-electron chi connectivity index (χ3n) is 5.03. The van der Waals surface area contributed by atoms with Gasteiger partial charge in [-0.05, 0) is 37.8 Å². The minimum atomic E-state index is 0.560. The summed E-state index contributed by atoms with van der Waals surface area (Å²) in [6.45, 7) is 7.98. The Morgan fingerprint density at radius 1 is 1.29 bits per heavy atom. The van der Waals surface area contributed by atoms with E-state index in [0.717, 1.165) is 13.0 Å². The zero-order valence-corrected chi connectivity index (χ0v) is 14.1. The van der Waals surface area contributed by atoms with E-state index in [-0.39, 0.29) is 0 Å². The summed E-state index contributed by atoms with van der Waals surface area (Å²) in [5.74, 6) is 0.705. The van der Waals surface area contributed by atoms with E-state index in [4.69, 9.17) is 5.10 Å². The van der Waals surface area contributed by atoms with Gasteiger partial charge in [-0.25, -0.2) is 0 Å². The SMILES string of the molecule is CCCNC(Cc1ccn(C2CCCCC2)n1)C(C)CC. The highest BCUT2D eigenvalue weighted by Crippen LogP contribution is 2.27. The van der Waals surface area contributed by atoms with Crippen molar-refractivity contribution >= 4 is 0 Å². The molecule has 1 saturated carbocycles. The molecule has 0 spiro atoms. The van der Waals surface area contributed by atoms with Crippen LogP contribution in [-0.2, 0) is 6.42 Å². The van der Waals surface area contributed by atoms with Crippen LogP contribution in [0, 0.1) is 5.92 Å². The number of rotatable bonds is 8. The van der Waals surface area contributed by atoms with Crippen LogP contribution in [0.25, 0.3) is 0 Å². The van der Waals surface area contributed by atoms with Gasteiger partial charge in [-0.1, -0.05) is 46.5 Å². The van der Waals surface area contributed by atoms with Gasteiger partial charge in [-0.2, -0.15) is 5.10 Å². The van der Waals surface area contributed by atoms with Crippen LogP contribution in [0.2, 0.25) is 0 Å². The molecule has 1 aromatic heterocycles. The van der Waals surface area contributed by atoms with Gasteiger partial charge in [0.1, 0.15) is 0 Å². The molecule has 0 amide bonds. The number of nitrogens with one attached hydrogen (secondary N) is 1. The maximum absolute atomic E-state index is 4.88. The predicted molar refractivity (Wildman–Crippen MR) is 89.6 cm³/mol. The van der Waals surface area contributed by atoms with Gasteiger partial charge in [-0.3, -0.25) is 4.68 Å². The largest absolute Gasteiger partial charge is 0.313 e. The van der Waals surface area contributed by atoms with Crippen molar-refractivity contribution in [3.05, 3.63) is 18.0 Å². The fourth-order valence-corrected chi connectivity index (χ4v) is 3.35. The van der Waals surface area contributed by atoms with Crippen molar-refractivity contribution in [2.24, 2.45) is 5.92 Å². The van der Waals surface area contributed by atoms with E-state index in [1.807, 2.05) is 0 Å². The van der Waals surface area contributed by atoms with E-state index < -0.39 is 0 Å². The van der Waals surface area contributed by atoms with Crippen LogP contribution in [0.3, 0.4) is 0 Å². The molecule has 21 heavy (non-hydrogen) atoms. The van der Waals surface area contributed by atoms with Crippen LogP contribution in [0.1, 0.15) is 77.5 Å². The van der Waals surface area contributed by atoms with Gasteiger partial charge >= 0.3 is 0 Å². The van der Waals surface area contributed by atoms with Gasteiger partial charge in [0.2, 0.25) is 0 Å². The quantitative estimate of drug-likeness (QED) is 0.772. The van der Waals surface area contributed by atoms with Crippen molar-refractivity contribution in [3.8, 4) is 0 Å². The molecule has 1 aliphatic rings. The first kappa shape index (κ1) is 16.5. The molecule has 0 aliphatic heterocycles. The maximum atomic E-state index is 4.88. The van der Waals surface area contributed by atoms with Crippen LogP contribution < -0.4 is 5.32 Å². The number of hydrogen-bond donors (Lipinski definition) is 1. The molecule has 1 aliphatic carbocycles. The first-order chi connectivity index (χ1) is 10.2. The predicted octanol–water partition coefficient (Wildman–Crippen LogP) is 4.35. The number of nitrogens with zero attached hydrogens (tertiary/aromatic N) is 2. The Bertz CT molecular complexity index is 393. The van der Waals surface area contributed by atoms with E-state index in [9.17, 15) is 0 Å². The van der Waals surface area contributed by atoms with Crippen molar-refractivity contribution in [3.63, 3.8) is 0 Å². The molecule has 3 nitrogen and oxygen atoms in total. The number of aromatic nitrogens is 2. The third kappa shape index (κ3) is 4.84. The normalized spacial score (nSPS) is 19.6. The Hall–Kier alpha value is -0.830. The second-order valence-corrected chi connectivity index (χ2v) is 6.73. The van der Waals surface area contributed by atoms with Gasteiger partial charge in [0, 0.05) is 18.7 Å². The molecule has 2 atom stereocenters. The zero-order chi connectivity index (χ0) is 15.1. The first-order valence-corrected chi connectivity index (χ1v) is 9.02. The summed E-state index contributed by atoms with van der Waals surface area (Å²) >= 11 is 0. The Labute approximate surface area is 130 Å². The number of hydrogen-bond acceptors (Lipinski definition) is 2. The molecule has 1 fully saturated rings. The summed E-state index contributed by atoms with van der Waals surface area (Å²) in [5.41, 5.74) is 1.26. The van der Waals surface area contributed by atoms with E-state index in [1.165, 1.54) is 50.6 Å². The van der Waals surface area contributed by atoms with Crippen LogP contribution >= 0.6 is 0 Å². The van der Waals surface area contributed by atoms with Crippen LogP contribution in [0.15, 0.2) is 12.3 Å². The highest BCUT2D eigenvalue weighted by Gasteiger charge is 2.19. The van der Waals surface area contributed by atoms with Crippen molar-refractivity contribution in [1.82, 2.24) is 15.1 Å². The van der Waals surface area contributed by atoms with E-state index in [0.29, 0.717) is 18.0 Å². The standard InChI is InChI=1S/C18H33N3/c1-4-12-19-18(15(3)5-2)14-16-11-13-21(20-16)17-9-7-6-8-10-17/h11,13,15,17-19H,4-10,12,14H2,1-3H3. The lowest BCUT2D eigenvalue weighted by molar-refractivity contribution is 0.324. The minimum absolute atomic E-state index is 0.560. The van der Waals surface area contributed by atoms with Crippen molar-refractivity contribution in [2.75, 3.05) is 6.54 Å². The summed E-state index contributed by atoms with van der Waals surface area (Å²) in [6.07, 6.45) is 12.5. The molecule has 3 heteroatoms. The van der Waals surface area contributed by atoms with Gasteiger partial charge in [0.15, 0.2) is 0 Å². The molecule has 0 bridgehead atoms. The molecule has 0 aromatic carbocycles. The van der Waals surface area contributed by atoms with Crippen molar-refractivity contribution < 1.29 is 0 Å². The summed E-state index contributed by atoms with van der Waals surface area (Å²) < 4.78 is 2.24. The lowest BCUT2D eigenvalue weighted by Gasteiger charge is -2.24. The topological polar surface area (TPSA) is 29.9 Å².